The van der Waals surface area contributed by atoms with Crippen molar-refractivity contribution in [1.82, 2.24) is 9.80 Å². The molecule has 3 aliphatic rings. The minimum atomic E-state index is -0.347. The Bertz CT molecular complexity index is 364. The second-order valence-corrected chi connectivity index (χ2v) is 6.83. The van der Waals surface area contributed by atoms with E-state index in [-0.39, 0.29) is 11.8 Å². The molecule has 0 bridgehead atoms. The number of hydrogen-bond acceptors (Lipinski definition) is 4. The summed E-state index contributed by atoms with van der Waals surface area (Å²) in [6, 6.07) is -0.0165. The Morgan fingerprint density at radius 2 is 1.67 bits per heavy atom. The molecule has 1 spiro atoms. The van der Waals surface area contributed by atoms with Gasteiger partial charge in [0.25, 0.3) is 0 Å². The minimum absolute atomic E-state index is 0.0165. The van der Waals surface area contributed by atoms with E-state index in [1.54, 1.807) is 0 Å². The van der Waals surface area contributed by atoms with E-state index in [0.717, 1.165) is 57.8 Å². The summed E-state index contributed by atoms with van der Waals surface area (Å²) >= 11 is 0. The van der Waals surface area contributed by atoms with E-state index in [9.17, 15) is 4.79 Å². The Labute approximate surface area is 127 Å². The van der Waals surface area contributed by atoms with Crippen molar-refractivity contribution in [3.05, 3.63) is 0 Å². The highest BCUT2D eigenvalue weighted by molar-refractivity contribution is 5.81. The third kappa shape index (κ3) is 3.25. The van der Waals surface area contributed by atoms with Crippen molar-refractivity contribution in [2.75, 3.05) is 39.4 Å². The molecule has 21 heavy (non-hydrogen) atoms. The van der Waals surface area contributed by atoms with Gasteiger partial charge in [-0.3, -0.25) is 9.69 Å². The van der Waals surface area contributed by atoms with Crippen LogP contribution in [0.1, 0.15) is 39.5 Å². The van der Waals surface area contributed by atoms with Crippen molar-refractivity contribution < 1.29 is 14.3 Å². The van der Waals surface area contributed by atoms with Gasteiger partial charge in [0.15, 0.2) is 5.79 Å². The number of carbonyl (C=O) groups is 1. The number of amides is 1. The van der Waals surface area contributed by atoms with Gasteiger partial charge in [-0.15, -0.1) is 0 Å². The van der Waals surface area contributed by atoms with E-state index in [1.807, 2.05) is 0 Å². The number of ether oxygens (including phenoxy) is 2. The lowest BCUT2D eigenvalue weighted by Gasteiger charge is -2.41. The molecule has 0 saturated carbocycles. The summed E-state index contributed by atoms with van der Waals surface area (Å²) in [5.41, 5.74) is 0. The van der Waals surface area contributed by atoms with Gasteiger partial charge in [0.2, 0.25) is 5.91 Å². The van der Waals surface area contributed by atoms with Crippen molar-refractivity contribution in [3.8, 4) is 0 Å². The Morgan fingerprint density at radius 1 is 1.10 bits per heavy atom. The fraction of sp³-hybridized carbons (Fsp3) is 0.938. The van der Waals surface area contributed by atoms with Crippen LogP contribution in [0.4, 0.5) is 0 Å². The van der Waals surface area contributed by atoms with Gasteiger partial charge in [-0.05, 0) is 25.7 Å². The highest BCUT2D eigenvalue weighted by atomic mass is 16.7. The third-order valence-corrected chi connectivity index (χ3v) is 5.37. The first-order valence-electron chi connectivity index (χ1n) is 8.40. The molecule has 1 amide bonds. The molecule has 3 heterocycles. The summed E-state index contributed by atoms with van der Waals surface area (Å²) in [4.78, 5) is 17.0. The van der Waals surface area contributed by atoms with Gasteiger partial charge in [-0.1, -0.05) is 6.92 Å². The van der Waals surface area contributed by atoms with Crippen LogP contribution in [0.3, 0.4) is 0 Å². The molecule has 0 aliphatic carbocycles. The lowest BCUT2D eigenvalue weighted by molar-refractivity contribution is -0.189. The second-order valence-electron chi connectivity index (χ2n) is 6.83. The molecule has 0 aromatic rings. The lowest BCUT2D eigenvalue weighted by atomic mass is 9.98. The summed E-state index contributed by atoms with van der Waals surface area (Å²) in [5, 5.41) is 0. The van der Waals surface area contributed by atoms with Gasteiger partial charge >= 0.3 is 0 Å². The molecule has 3 rings (SSSR count). The molecule has 1 atom stereocenters. The quantitative estimate of drug-likeness (QED) is 0.774. The molecular weight excluding hydrogens is 268 g/mol. The smallest absolute Gasteiger partial charge is 0.239 e. The first kappa shape index (κ1) is 15.3. The molecule has 0 N–H and O–H groups in total. The van der Waals surface area contributed by atoms with Crippen LogP contribution in [-0.4, -0.2) is 66.9 Å². The maximum atomic E-state index is 12.6. The molecule has 5 nitrogen and oxygen atoms in total. The highest BCUT2D eigenvalue weighted by Crippen LogP contribution is 2.32. The van der Waals surface area contributed by atoms with E-state index in [4.69, 9.17) is 9.47 Å². The molecule has 1 unspecified atom stereocenters. The molecule has 5 heteroatoms. The molecular formula is C16H28N2O3. The van der Waals surface area contributed by atoms with Gasteiger partial charge in [0.1, 0.15) is 0 Å². The number of likely N-dealkylation sites (tertiary alicyclic amines) is 2. The van der Waals surface area contributed by atoms with Crippen LogP contribution in [0.25, 0.3) is 0 Å². The van der Waals surface area contributed by atoms with Crippen LogP contribution in [0.15, 0.2) is 0 Å². The van der Waals surface area contributed by atoms with Crippen LogP contribution >= 0.6 is 0 Å². The van der Waals surface area contributed by atoms with E-state index < -0.39 is 0 Å². The summed E-state index contributed by atoms with van der Waals surface area (Å²) in [5.74, 6) is 0.710. The van der Waals surface area contributed by atoms with Crippen LogP contribution in [-0.2, 0) is 14.3 Å². The Hall–Kier alpha value is -0.650. The molecule has 3 aliphatic heterocycles. The maximum Gasteiger partial charge on any atom is 0.239 e. The second kappa shape index (κ2) is 6.23. The maximum absolute atomic E-state index is 12.6. The zero-order valence-electron chi connectivity index (χ0n) is 13.3. The fourth-order valence-corrected chi connectivity index (χ4v) is 3.69. The van der Waals surface area contributed by atoms with E-state index in [0.29, 0.717) is 19.1 Å². The van der Waals surface area contributed by atoms with Crippen molar-refractivity contribution in [2.45, 2.75) is 51.4 Å². The van der Waals surface area contributed by atoms with E-state index in [1.165, 1.54) is 0 Å². The van der Waals surface area contributed by atoms with Crippen LogP contribution in [0.5, 0.6) is 0 Å². The molecule has 3 saturated heterocycles. The monoisotopic (exact) mass is 296 g/mol. The average Bonchev–Trinajstić information content (AvgIpc) is 2.96. The minimum Gasteiger partial charge on any atom is -0.347 e. The summed E-state index contributed by atoms with van der Waals surface area (Å²) in [7, 11) is 0. The molecule has 0 radical (unpaired) electrons. The third-order valence-electron chi connectivity index (χ3n) is 5.37. The van der Waals surface area contributed by atoms with Crippen LogP contribution in [0, 0.1) is 5.92 Å². The summed E-state index contributed by atoms with van der Waals surface area (Å²) < 4.78 is 11.5. The van der Waals surface area contributed by atoms with Crippen molar-refractivity contribution in [2.24, 2.45) is 5.92 Å². The number of rotatable bonds is 2. The SMILES string of the molecule is CC1CCN(C(=O)C(C)N2CCC3(CC2)OCCO3)CC1. The lowest BCUT2D eigenvalue weighted by Crippen LogP contribution is -2.54. The Morgan fingerprint density at radius 3 is 2.24 bits per heavy atom. The van der Waals surface area contributed by atoms with Crippen LogP contribution < -0.4 is 0 Å². The van der Waals surface area contributed by atoms with Gasteiger partial charge in [-0.25, -0.2) is 0 Å². The number of hydrogen-bond donors (Lipinski definition) is 0. The van der Waals surface area contributed by atoms with Crippen molar-refractivity contribution >= 4 is 5.91 Å². The van der Waals surface area contributed by atoms with Gasteiger partial charge in [-0.2, -0.15) is 0 Å². The summed E-state index contributed by atoms with van der Waals surface area (Å²) in [6.07, 6.45) is 4.04. The molecule has 120 valence electrons. The van der Waals surface area contributed by atoms with E-state index in [2.05, 4.69) is 23.6 Å². The van der Waals surface area contributed by atoms with Gasteiger partial charge in [0, 0.05) is 39.0 Å². The Balaban J connectivity index is 1.51. The zero-order valence-corrected chi connectivity index (χ0v) is 13.3. The predicted molar refractivity (Wildman–Crippen MR) is 79.9 cm³/mol. The molecule has 0 aromatic heterocycles. The van der Waals surface area contributed by atoms with E-state index >= 15 is 0 Å². The number of nitrogens with zero attached hydrogens (tertiary/aromatic N) is 2. The highest BCUT2D eigenvalue weighted by Gasteiger charge is 2.41. The largest absolute Gasteiger partial charge is 0.347 e. The van der Waals surface area contributed by atoms with Gasteiger partial charge in [0.05, 0.1) is 19.3 Å². The van der Waals surface area contributed by atoms with Gasteiger partial charge < -0.3 is 14.4 Å². The molecule has 0 aromatic carbocycles. The van der Waals surface area contributed by atoms with Crippen molar-refractivity contribution in [1.29, 1.82) is 0 Å². The number of carbonyl (C=O) groups excluding carboxylic acids is 1. The zero-order chi connectivity index (χ0) is 14.9. The molecule has 3 fully saturated rings. The predicted octanol–water partition coefficient (Wildman–Crippen LogP) is 1.47. The standard InChI is InChI=1S/C16H28N2O3/c1-13-3-7-18(8-4-13)15(19)14(2)17-9-5-16(6-10-17)20-11-12-21-16/h13-14H,3-12H2,1-2H3. The van der Waals surface area contributed by atoms with Crippen LogP contribution in [0.2, 0.25) is 0 Å². The first-order chi connectivity index (χ1) is 10.1. The summed E-state index contributed by atoms with van der Waals surface area (Å²) in [6.45, 7) is 9.36. The topological polar surface area (TPSA) is 42.0 Å². The normalized spacial score (nSPS) is 29.0. The Kier molecular flexibility index (Phi) is 4.52. The average molecular weight is 296 g/mol. The first-order valence-corrected chi connectivity index (χ1v) is 8.40. The number of piperidine rings is 2. The van der Waals surface area contributed by atoms with Crippen molar-refractivity contribution in [3.63, 3.8) is 0 Å². The fourth-order valence-electron chi connectivity index (χ4n) is 3.69.